The van der Waals surface area contributed by atoms with Gasteiger partial charge in [-0.15, -0.1) is 0 Å². The Bertz CT molecular complexity index is 2430. The van der Waals surface area contributed by atoms with Crippen LogP contribution in [0.25, 0.3) is 0 Å². The first kappa shape index (κ1) is 42.6. The van der Waals surface area contributed by atoms with Crippen molar-refractivity contribution in [1.29, 1.82) is 0 Å². The second kappa shape index (κ2) is 28.1. The van der Waals surface area contributed by atoms with Crippen molar-refractivity contribution in [2.45, 2.75) is 134 Å². The number of likely N-dealkylation sites (tertiary alicyclic amines) is 1. The quantitative estimate of drug-likeness (QED) is 0.0728. The highest BCUT2D eigenvalue weighted by atomic mass is 32.2. The van der Waals surface area contributed by atoms with E-state index in [0.717, 1.165) is 16.7 Å². The molecule has 13 N–H and O–H groups in total. The molecule has 0 aliphatic carbocycles. The standard InChI is InChI=1S/C45H69N11O12S/c1-6-25(4)38-44(66)51-28(15-16-34(46)57)40(62)52-31(21-35(47)58)41(63)54-32(23-69-18-8-10-37(60)50-30(42(64)55-38)20-26-11-13-27(68-5)14-12-26)45(67)56-17-7-9-33(56)43(65)53-29(19-24(2)3)39(61)49-22-36(48)59/h11-14,24-25,28-33,38H,6-10,15-23H2,1-5H3,(H2,46,57)(H2,47,58)(H2,48,59)(H,49,61)(H,50,60)(H,51,66)(H,52,62)(H,53,65)(H,54,63)(H,55,64)/t25-,28-,29+,30-,31-,32-,33-,38-/m0/s1/i2D3,3D3,19D2,24D,29D. The van der Waals surface area contributed by atoms with Crippen LogP contribution in [0.4, 0.5) is 0 Å². The van der Waals surface area contributed by atoms with Crippen molar-refractivity contribution in [3.05, 3.63) is 29.8 Å². The van der Waals surface area contributed by atoms with E-state index >= 15 is 0 Å². The van der Waals surface area contributed by atoms with Gasteiger partial charge >= 0.3 is 0 Å². The van der Waals surface area contributed by atoms with Gasteiger partial charge in [0.1, 0.15) is 48.0 Å². The lowest BCUT2D eigenvalue weighted by Gasteiger charge is -2.31. The molecule has 2 fully saturated rings. The Morgan fingerprint density at radius 3 is 2.17 bits per heavy atom. The van der Waals surface area contributed by atoms with E-state index in [4.69, 9.17) is 35.6 Å². The Hall–Kier alpha value is -6.46. The van der Waals surface area contributed by atoms with Gasteiger partial charge in [0.15, 0.2) is 0 Å². The van der Waals surface area contributed by atoms with Gasteiger partial charge in [-0.25, -0.2) is 0 Å². The molecule has 3 rings (SSSR count). The van der Waals surface area contributed by atoms with Crippen molar-refractivity contribution in [2.24, 2.45) is 29.0 Å². The zero-order valence-corrected chi connectivity index (χ0v) is 39.3. The maximum atomic E-state index is 14.7. The molecule has 0 bridgehead atoms. The van der Waals surface area contributed by atoms with Crippen LogP contribution in [0.15, 0.2) is 24.3 Å². The second-order valence-electron chi connectivity index (χ2n) is 16.3. The number of ether oxygens (including phenoxy) is 1. The number of carbonyl (C=O) groups is 11. The molecular weight excluding hydrogens is 919 g/mol. The molecule has 23 nitrogen and oxygen atoms in total. The molecule has 0 unspecified atom stereocenters. The largest absolute Gasteiger partial charge is 0.497 e. The fourth-order valence-corrected chi connectivity index (χ4v) is 8.12. The third-order valence-electron chi connectivity index (χ3n) is 11.0. The van der Waals surface area contributed by atoms with Gasteiger partial charge in [-0.3, -0.25) is 52.7 Å². The lowest BCUT2D eigenvalue weighted by molar-refractivity contribution is -0.142. The molecule has 0 aromatic heterocycles. The number of hydrogen-bond acceptors (Lipinski definition) is 13. The van der Waals surface area contributed by atoms with Gasteiger partial charge in [0.05, 0.1) is 21.4 Å². The van der Waals surface area contributed by atoms with Crippen molar-refractivity contribution in [1.82, 2.24) is 42.1 Å². The molecule has 2 heterocycles. The minimum atomic E-state index is -4.39. The third kappa shape index (κ3) is 18.9. The summed E-state index contributed by atoms with van der Waals surface area (Å²) in [6.07, 6.45) is -6.54. The van der Waals surface area contributed by atoms with Gasteiger partial charge in [0.2, 0.25) is 65.0 Å². The average Bonchev–Trinajstić information content (AvgIpc) is 3.88. The predicted molar refractivity (Wildman–Crippen MR) is 253 cm³/mol. The number of nitrogens with zero attached hydrogens (tertiary/aromatic N) is 1. The smallest absolute Gasteiger partial charge is 0.246 e. The number of thioether (sulfide) groups is 1. The lowest BCUT2D eigenvalue weighted by atomic mass is 9.96. The summed E-state index contributed by atoms with van der Waals surface area (Å²) < 4.78 is 87.5. The van der Waals surface area contributed by atoms with Crippen LogP contribution in [0.1, 0.15) is 105 Å². The minimum absolute atomic E-state index is 0.0282. The first-order valence-electron chi connectivity index (χ1n) is 27.0. The average molecular weight is 998 g/mol. The molecule has 1 aromatic carbocycles. The van der Waals surface area contributed by atoms with E-state index in [0.29, 0.717) is 17.7 Å². The number of nitrogens with one attached hydrogen (secondary N) is 7. The molecule has 2 aliphatic rings. The molecule has 69 heavy (non-hydrogen) atoms. The van der Waals surface area contributed by atoms with Gasteiger partial charge in [-0.05, 0) is 67.3 Å². The normalized spacial score (nSPS) is 26.5. The summed E-state index contributed by atoms with van der Waals surface area (Å²) in [5, 5.41) is 16.0. The zero-order chi connectivity index (χ0) is 60.0. The fourth-order valence-electron chi connectivity index (χ4n) is 7.15. The van der Waals surface area contributed by atoms with Crippen LogP contribution in [0.5, 0.6) is 5.75 Å². The van der Waals surface area contributed by atoms with Crippen molar-refractivity contribution >= 4 is 76.7 Å². The highest BCUT2D eigenvalue weighted by Crippen LogP contribution is 2.22. The van der Waals surface area contributed by atoms with Crippen molar-refractivity contribution < 1.29 is 71.2 Å². The summed E-state index contributed by atoms with van der Waals surface area (Å²) in [6, 6.07) is -7.24. The number of primary amides is 3. The molecule has 24 heteroatoms. The topological polar surface area (TPSA) is 363 Å². The highest BCUT2D eigenvalue weighted by Gasteiger charge is 2.40. The number of amides is 11. The molecule has 0 spiro atoms. The second-order valence-corrected chi connectivity index (χ2v) is 17.4. The molecule has 2 saturated heterocycles. The maximum absolute atomic E-state index is 14.7. The minimum Gasteiger partial charge on any atom is -0.497 e. The summed E-state index contributed by atoms with van der Waals surface area (Å²) in [4.78, 5) is 150. The summed E-state index contributed by atoms with van der Waals surface area (Å²) in [5.41, 5.74) is 16.6. The van der Waals surface area contributed by atoms with Gasteiger partial charge in [0, 0.05) is 43.9 Å². The van der Waals surface area contributed by atoms with Gasteiger partial charge in [0.25, 0.3) is 0 Å². The molecule has 1 aromatic rings. The molecular formula is C45H69N11O12S. The third-order valence-corrected chi connectivity index (χ3v) is 12.1. The molecule has 8 atom stereocenters. The van der Waals surface area contributed by atoms with Gasteiger partial charge in [-0.1, -0.05) is 46.1 Å². The molecule has 0 saturated carbocycles. The van der Waals surface area contributed by atoms with Gasteiger partial charge < -0.3 is 64.1 Å². The first-order valence-corrected chi connectivity index (χ1v) is 23.2. The number of methoxy groups -OCH3 is 1. The van der Waals surface area contributed by atoms with Crippen LogP contribution >= 0.6 is 11.8 Å². The first-order chi connectivity index (χ1) is 36.6. The van der Waals surface area contributed by atoms with Crippen molar-refractivity contribution in [2.75, 3.05) is 31.7 Å². The summed E-state index contributed by atoms with van der Waals surface area (Å²) in [5.74, 6) is -17.5. The Labute approximate surface area is 419 Å². The van der Waals surface area contributed by atoms with E-state index in [9.17, 15) is 52.7 Å². The van der Waals surface area contributed by atoms with Crippen molar-refractivity contribution in [3.63, 3.8) is 0 Å². The Kier molecular flexibility index (Phi) is 17.4. The Morgan fingerprint density at radius 1 is 0.884 bits per heavy atom. The SMILES string of the molecule is [2H]C([2H])([2H])C([2H])(C([2H])([2H])[2H])C([2H])([2H])[C@@]([2H])(NC(=O)[C@@H]1CCCN1C(=O)[C@@H]1CSCCCC(=O)N[C@@H](Cc2ccc(OC)cc2)C(=O)N[C@@H]([C@@H](C)CC)C(=O)N[C@@H](CCC(N)=O)C(=O)N[C@@H](CC(N)=O)C(=O)N1)C(=O)NCC(N)=O. The maximum Gasteiger partial charge on any atom is 0.246 e. The molecule has 0 radical (unpaired) electrons. The van der Waals surface area contributed by atoms with Crippen LogP contribution in [0.2, 0.25) is 0 Å². The van der Waals surface area contributed by atoms with E-state index in [1.807, 2.05) is 0 Å². The van der Waals surface area contributed by atoms with E-state index < -0.39 is 165 Å². The Balaban J connectivity index is 2.14. The number of carbonyl (C=O) groups excluding carboxylic acids is 11. The fraction of sp³-hybridized carbons (Fsp3) is 0.622. The van der Waals surface area contributed by atoms with E-state index in [-0.39, 0.29) is 50.2 Å². The van der Waals surface area contributed by atoms with E-state index in [1.54, 1.807) is 48.7 Å². The molecule has 2 aliphatic heterocycles. The molecule has 11 amide bonds. The highest BCUT2D eigenvalue weighted by molar-refractivity contribution is 7.99. The van der Waals surface area contributed by atoms with Crippen LogP contribution in [0, 0.1) is 11.8 Å². The number of nitrogens with two attached hydrogens (primary N) is 3. The molecule has 382 valence electrons. The monoisotopic (exact) mass is 998 g/mol. The summed E-state index contributed by atoms with van der Waals surface area (Å²) >= 11 is 0.981. The Morgan fingerprint density at radius 2 is 1.55 bits per heavy atom. The summed E-state index contributed by atoms with van der Waals surface area (Å²) in [6.45, 7) is -6.38. The number of benzene rings is 1. The number of hydrogen-bond donors (Lipinski definition) is 10. The van der Waals surface area contributed by atoms with Crippen molar-refractivity contribution in [3.8, 4) is 5.75 Å². The lowest BCUT2D eigenvalue weighted by Crippen LogP contribution is -2.61. The van der Waals surface area contributed by atoms with Crippen LogP contribution in [0.3, 0.4) is 0 Å². The predicted octanol–water partition coefficient (Wildman–Crippen LogP) is -2.50. The zero-order valence-electron chi connectivity index (χ0n) is 48.5. The van der Waals surface area contributed by atoms with E-state index in [2.05, 4.69) is 26.6 Å². The summed E-state index contributed by atoms with van der Waals surface area (Å²) in [7, 11) is 1.46. The van der Waals surface area contributed by atoms with Crippen LogP contribution in [-0.4, -0.2) is 144 Å². The van der Waals surface area contributed by atoms with E-state index in [1.165, 1.54) is 7.11 Å². The van der Waals surface area contributed by atoms with Crippen LogP contribution in [-0.2, 0) is 59.2 Å². The number of rotatable bonds is 18. The van der Waals surface area contributed by atoms with Crippen LogP contribution < -0.4 is 59.2 Å². The van der Waals surface area contributed by atoms with Gasteiger partial charge in [-0.2, -0.15) is 11.8 Å².